The molecule has 1 aliphatic rings. The predicted molar refractivity (Wildman–Crippen MR) is 128 cm³/mol. The van der Waals surface area contributed by atoms with Crippen LogP contribution in [0.3, 0.4) is 0 Å². The van der Waals surface area contributed by atoms with Crippen molar-refractivity contribution in [1.82, 2.24) is 14.8 Å². The Morgan fingerprint density at radius 2 is 2.26 bits per heavy atom. The number of thioether (sulfide) groups is 1. The molecule has 3 aromatic rings. The molecule has 1 N–H and O–H groups in total. The SMILES string of the molecule is CCC1CCc2c(sc(NC(=O)CSc3nnc(-c4csc(C)c4)n3CC)c2C#N)C1. The highest BCUT2D eigenvalue weighted by molar-refractivity contribution is 7.99. The molecule has 6 nitrogen and oxygen atoms in total. The first kappa shape index (κ1) is 22.1. The van der Waals surface area contributed by atoms with Crippen LogP contribution in [0.1, 0.15) is 47.6 Å². The minimum atomic E-state index is -0.120. The topological polar surface area (TPSA) is 83.6 Å². The fraction of sp³-hybridized carbons (Fsp3) is 0.455. The number of nitriles is 1. The highest BCUT2D eigenvalue weighted by Crippen LogP contribution is 2.40. The van der Waals surface area contributed by atoms with Crippen LogP contribution in [-0.2, 0) is 24.2 Å². The van der Waals surface area contributed by atoms with Gasteiger partial charge in [0.1, 0.15) is 11.1 Å². The van der Waals surface area contributed by atoms with E-state index in [0.29, 0.717) is 16.5 Å². The molecule has 0 fully saturated rings. The fourth-order valence-corrected chi connectivity index (χ4v) is 6.77. The Labute approximate surface area is 194 Å². The molecule has 0 aliphatic heterocycles. The maximum absolute atomic E-state index is 12.7. The van der Waals surface area contributed by atoms with E-state index in [-0.39, 0.29) is 11.7 Å². The third kappa shape index (κ3) is 4.56. The molecule has 1 amide bonds. The lowest BCUT2D eigenvalue weighted by molar-refractivity contribution is -0.113. The van der Waals surface area contributed by atoms with Crippen LogP contribution in [0.4, 0.5) is 5.00 Å². The zero-order valence-corrected chi connectivity index (χ0v) is 20.3. The summed E-state index contributed by atoms with van der Waals surface area (Å²) in [5.74, 6) is 1.62. The van der Waals surface area contributed by atoms with Crippen molar-refractivity contribution in [2.75, 3.05) is 11.1 Å². The lowest BCUT2D eigenvalue weighted by Crippen LogP contribution is -2.15. The summed E-state index contributed by atoms with van der Waals surface area (Å²) in [6.45, 7) is 7.07. The number of carbonyl (C=O) groups excluding carboxylic acids is 1. The number of nitrogens with zero attached hydrogens (tertiary/aromatic N) is 4. The Morgan fingerprint density at radius 1 is 1.42 bits per heavy atom. The van der Waals surface area contributed by atoms with Gasteiger partial charge in [0, 0.05) is 27.2 Å². The van der Waals surface area contributed by atoms with Gasteiger partial charge in [-0.25, -0.2) is 0 Å². The molecule has 0 aromatic carbocycles. The molecule has 1 unspecified atom stereocenters. The average molecular weight is 472 g/mol. The molecule has 9 heteroatoms. The smallest absolute Gasteiger partial charge is 0.235 e. The molecule has 0 saturated carbocycles. The first-order valence-corrected chi connectivity index (χ1v) is 13.2. The highest BCUT2D eigenvalue weighted by Gasteiger charge is 2.26. The minimum absolute atomic E-state index is 0.120. The summed E-state index contributed by atoms with van der Waals surface area (Å²) in [4.78, 5) is 15.2. The monoisotopic (exact) mass is 471 g/mol. The maximum Gasteiger partial charge on any atom is 0.235 e. The van der Waals surface area contributed by atoms with Crippen LogP contribution < -0.4 is 5.32 Å². The van der Waals surface area contributed by atoms with Crippen LogP contribution in [0.15, 0.2) is 16.6 Å². The van der Waals surface area contributed by atoms with Crippen molar-refractivity contribution in [3.8, 4) is 17.5 Å². The number of rotatable bonds is 7. The van der Waals surface area contributed by atoms with Crippen LogP contribution in [0.2, 0.25) is 0 Å². The fourth-order valence-electron chi connectivity index (χ4n) is 3.96. The Hall–Kier alpha value is -2.15. The van der Waals surface area contributed by atoms with E-state index in [2.05, 4.69) is 53.8 Å². The molecule has 1 aliphatic carbocycles. The van der Waals surface area contributed by atoms with E-state index in [0.717, 1.165) is 54.3 Å². The zero-order chi connectivity index (χ0) is 22.0. The number of hydrogen-bond acceptors (Lipinski definition) is 7. The summed E-state index contributed by atoms with van der Waals surface area (Å²) in [5, 5.41) is 24.8. The van der Waals surface area contributed by atoms with Crippen molar-refractivity contribution in [2.24, 2.45) is 5.92 Å². The van der Waals surface area contributed by atoms with Gasteiger partial charge in [0.2, 0.25) is 5.91 Å². The number of hydrogen-bond donors (Lipinski definition) is 1. The minimum Gasteiger partial charge on any atom is -0.316 e. The largest absolute Gasteiger partial charge is 0.316 e. The Morgan fingerprint density at radius 3 is 2.94 bits per heavy atom. The van der Waals surface area contributed by atoms with E-state index in [1.54, 1.807) is 22.7 Å². The van der Waals surface area contributed by atoms with Gasteiger partial charge in [-0.1, -0.05) is 25.1 Å². The number of carbonyl (C=O) groups is 1. The lowest BCUT2D eigenvalue weighted by atomic mass is 9.86. The summed E-state index contributed by atoms with van der Waals surface area (Å²) in [6.07, 6.45) is 4.22. The number of nitrogens with one attached hydrogen (secondary N) is 1. The first-order valence-electron chi connectivity index (χ1n) is 10.5. The second-order valence-electron chi connectivity index (χ2n) is 7.67. The molecule has 3 heterocycles. The van der Waals surface area contributed by atoms with Crippen molar-refractivity contribution in [3.05, 3.63) is 32.3 Å². The van der Waals surface area contributed by atoms with Crippen LogP contribution in [0, 0.1) is 24.2 Å². The Bertz CT molecular complexity index is 1140. The number of aromatic nitrogens is 3. The van der Waals surface area contributed by atoms with Gasteiger partial charge >= 0.3 is 0 Å². The molecule has 162 valence electrons. The van der Waals surface area contributed by atoms with E-state index in [9.17, 15) is 10.1 Å². The predicted octanol–water partition coefficient (Wildman–Crippen LogP) is 5.51. The van der Waals surface area contributed by atoms with Gasteiger partial charge in [0.05, 0.1) is 11.3 Å². The first-order chi connectivity index (χ1) is 15.0. The summed E-state index contributed by atoms with van der Waals surface area (Å²) in [7, 11) is 0. The second-order valence-corrected chi connectivity index (χ2v) is 10.8. The van der Waals surface area contributed by atoms with Gasteiger partial charge in [-0.15, -0.1) is 32.9 Å². The third-order valence-corrected chi connectivity index (χ3v) is 8.66. The zero-order valence-electron chi connectivity index (χ0n) is 17.9. The summed E-state index contributed by atoms with van der Waals surface area (Å²) >= 11 is 4.63. The molecule has 3 aromatic heterocycles. The molecule has 0 spiro atoms. The summed E-state index contributed by atoms with van der Waals surface area (Å²) in [6, 6.07) is 4.43. The number of amides is 1. The van der Waals surface area contributed by atoms with Gasteiger partial charge < -0.3 is 9.88 Å². The molecular formula is C22H25N5OS3. The Kier molecular flexibility index (Phi) is 6.80. The van der Waals surface area contributed by atoms with E-state index in [1.807, 2.05) is 4.57 Å². The molecule has 0 saturated heterocycles. The number of fused-ring (bicyclic) bond motifs is 1. The van der Waals surface area contributed by atoms with Crippen LogP contribution in [0.25, 0.3) is 11.4 Å². The lowest BCUT2D eigenvalue weighted by Gasteiger charge is -2.20. The molecule has 31 heavy (non-hydrogen) atoms. The average Bonchev–Trinajstić information content (AvgIpc) is 3.47. The van der Waals surface area contributed by atoms with Gasteiger partial charge in [0.25, 0.3) is 0 Å². The molecule has 0 radical (unpaired) electrons. The van der Waals surface area contributed by atoms with Gasteiger partial charge in [-0.3, -0.25) is 4.79 Å². The van der Waals surface area contributed by atoms with Crippen molar-refractivity contribution >= 4 is 45.3 Å². The van der Waals surface area contributed by atoms with Gasteiger partial charge in [-0.2, -0.15) is 5.26 Å². The van der Waals surface area contributed by atoms with Crippen molar-refractivity contribution < 1.29 is 4.79 Å². The van der Waals surface area contributed by atoms with E-state index in [1.165, 1.54) is 21.5 Å². The normalized spacial score (nSPS) is 15.5. The van der Waals surface area contributed by atoms with Crippen LogP contribution >= 0.6 is 34.4 Å². The van der Waals surface area contributed by atoms with Gasteiger partial charge in [-0.05, 0) is 50.7 Å². The molecule has 0 bridgehead atoms. The summed E-state index contributed by atoms with van der Waals surface area (Å²) < 4.78 is 2.04. The quantitative estimate of drug-likeness (QED) is 0.459. The number of thiophene rings is 2. The second kappa shape index (κ2) is 9.55. The van der Waals surface area contributed by atoms with Crippen molar-refractivity contribution in [3.63, 3.8) is 0 Å². The highest BCUT2D eigenvalue weighted by atomic mass is 32.2. The van der Waals surface area contributed by atoms with Gasteiger partial charge in [0.15, 0.2) is 11.0 Å². The Balaban J connectivity index is 1.44. The molecule has 4 rings (SSSR count). The van der Waals surface area contributed by atoms with E-state index in [4.69, 9.17) is 0 Å². The summed E-state index contributed by atoms with van der Waals surface area (Å²) in [5.41, 5.74) is 2.85. The van der Waals surface area contributed by atoms with Crippen molar-refractivity contribution in [2.45, 2.75) is 58.2 Å². The van der Waals surface area contributed by atoms with Crippen LogP contribution in [0.5, 0.6) is 0 Å². The molecular weight excluding hydrogens is 446 g/mol. The number of aryl methyl sites for hydroxylation is 1. The maximum atomic E-state index is 12.7. The molecule has 1 atom stereocenters. The van der Waals surface area contributed by atoms with Crippen LogP contribution in [-0.4, -0.2) is 26.4 Å². The standard InChI is InChI=1S/C22H25N5OS3/c1-4-14-6-7-16-17(10-23)21(31-18(16)9-14)24-19(28)12-30-22-26-25-20(27(22)5-2)15-8-13(3)29-11-15/h8,11,14H,4-7,9,12H2,1-3H3,(H,24,28). The number of anilines is 1. The third-order valence-electron chi connectivity index (χ3n) is 5.66. The van der Waals surface area contributed by atoms with E-state index < -0.39 is 0 Å². The van der Waals surface area contributed by atoms with Crippen molar-refractivity contribution in [1.29, 1.82) is 5.26 Å². The van der Waals surface area contributed by atoms with E-state index >= 15 is 0 Å².